The van der Waals surface area contributed by atoms with E-state index in [0.717, 1.165) is 11.7 Å². The van der Waals surface area contributed by atoms with Crippen molar-refractivity contribution in [3.8, 4) is 0 Å². The van der Waals surface area contributed by atoms with Gasteiger partial charge in [0.05, 0.1) is 0 Å². The van der Waals surface area contributed by atoms with Crippen molar-refractivity contribution in [3.05, 3.63) is 11.4 Å². The molecule has 1 atom stereocenters. The van der Waals surface area contributed by atoms with Crippen molar-refractivity contribution in [1.82, 2.24) is 0 Å². The van der Waals surface area contributed by atoms with Crippen LogP contribution in [0.2, 0.25) is 0 Å². The van der Waals surface area contributed by atoms with Crippen LogP contribution in [0.5, 0.6) is 0 Å². The van der Waals surface area contributed by atoms with E-state index in [1.807, 2.05) is 20.3 Å². The van der Waals surface area contributed by atoms with E-state index in [0.29, 0.717) is 0 Å². The summed E-state index contributed by atoms with van der Waals surface area (Å²) in [4.78, 5) is 9.77. The van der Waals surface area contributed by atoms with E-state index < -0.39 is 7.49 Å². The third-order valence-corrected chi connectivity index (χ3v) is 3.69. The molecule has 0 spiro atoms. The van der Waals surface area contributed by atoms with E-state index in [2.05, 4.69) is 13.0 Å². The molecule has 0 saturated carbocycles. The van der Waals surface area contributed by atoms with E-state index in [4.69, 9.17) is 5.73 Å². The van der Waals surface area contributed by atoms with Crippen LogP contribution < -0.4 is 5.73 Å². The number of hydrogen-bond donors (Lipinski definition) is 2. The second kappa shape index (κ2) is 4.20. The monoisotopic (exact) mass is 177 g/mol. The fourth-order valence-corrected chi connectivity index (χ4v) is 3.03. The van der Waals surface area contributed by atoms with Gasteiger partial charge in [-0.1, -0.05) is 0 Å². The maximum atomic E-state index is 9.77. The normalized spacial score (nSPS) is 18.2. The summed E-state index contributed by atoms with van der Waals surface area (Å²) < 4.78 is 0. The van der Waals surface area contributed by atoms with Crippen molar-refractivity contribution in [2.24, 2.45) is 5.73 Å². The number of rotatable bonds is 3. The third kappa shape index (κ3) is 3.85. The standard InChI is InChI=1S/C8H20NOP/c1-5-6-8(7(2)9)11(3,4)10/h6-7,10-11H,5,9H2,1-4H3/b8-6+. The molecule has 2 nitrogen and oxygen atoms in total. The van der Waals surface area contributed by atoms with Gasteiger partial charge in [0.1, 0.15) is 0 Å². The van der Waals surface area contributed by atoms with Gasteiger partial charge >= 0.3 is 69.1 Å². The molecule has 0 rings (SSSR count). The third-order valence-electron chi connectivity index (χ3n) is 1.62. The minimum absolute atomic E-state index is 0.00150. The van der Waals surface area contributed by atoms with E-state index in [-0.39, 0.29) is 6.04 Å². The molecule has 3 N–H and O–H groups in total. The zero-order valence-electron chi connectivity index (χ0n) is 7.89. The Morgan fingerprint density at radius 1 is 1.64 bits per heavy atom. The van der Waals surface area contributed by atoms with Gasteiger partial charge in [-0.25, -0.2) is 0 Å². The van der Waals surface area contributed by atoms with E-state index >= 15 is 0 Å². The SMILES string of the molecule is CC/C=C(\C(C)N)[PH](C)(C)O. The molecule has 0 aromatic carbocycles. The molecule has 0 saturated heterocycles. The fourth-order valence-electron chi connectivity index (χ4n) is 1.21. The first kappa shape index (κ1) is 11.1. The van der Waals surface area contributed by atoms with Gasteiger partial charge in [-0.2, -0.15) is 0 Å². The van der Waals surface area contributed by atoms with Gasteiger partial charge in [-0.05, 0) is 0 Å². The molecule has 0 bridgehead atoms. The van der Waals surface area contributed by atoms with Crippen LogP contribution in [0.4, 0.5) is 0 Å². The molecule has 0 fully saturated rings. The molecule has 0 radical (unpaired) electrons. The quantitative estimate of drug-likeness (QED) is 0.642. The van der Waals surface area contributed by atoms with Crippen molar-refractivity contribution in [2.75, 3.05) is 13.3 Å². The van der Waals surface area contributed by atoms with Crippen LogP contribution >= 0.6 is 7.49 Å². The van der Waals surface area contributed by atoms with Crippen molar-refractivity contribution in [1.29, 1.82) is 0 Å². The molecular formula is C8H20NOP. The van der Waals surface area contributed by atoms with Gasteiger partial charge in [-0.15, -0.1) is 0 Å². The number of allylic oxidation sites excluding steroid dienone is 1. The van der Waals surface area contributed by atoms with Crippen LogP contribution in [0.3, 0.4) is 0 Å². The van der Waals surface area contributed by atoms with Gasteiger partial charge in [0.2, 0.25) is 0 Å². The van der Waals surface area contributed by atoms with Crippen LogP contribution in [0.25, 0.3) is 0 Å². The second-order valence-corrected chi connectivity index (χ2v) is 7.11. The molecule has 0 aliphatic heterocycles. The molecular weight excluding hydrogens is 157 g/mol. The van der Waals surface area contributed by atoms with Gasteiger partial charge in [0.25, 0.3) is 0 Å². The molecule has 0 aliphatic carbocycles. The van der Waals surface area contributed by atoms with Crippen LogP contribution in [0.1, 0.15) is 20.3 Å². The Labute approximate surface area is 69.9 Å². The summed E-state index contributed by atoms with van der Waals surface area (Å²) >= 11 is 0. The maximum absolute atomic E-state index is 9.77. The van der Waals surface area contributed by atoms with Gasteiger partial charge in [-0.3, -0.25) is 0 Å². The minimum atomic E-state index is -2.13. The van der Waals surface area contributed by atoms with Gasteiger partial charge < -0.3 is 0 Å². The molecule has 68 valence electrons. The average molecular weight is 177 g/mol. The first-order valence-electron chi connectivity index (χ1n) is 4.08. The summed E-state index contributed by atoms with van der Waals surface area (Å²) in [5.41, 5.74) is 5.72. The van der Waals surface area contributed by atoms with E-state index in [9.17, 15) is 4.89 Å². The topological polar surface area (TPSA) is 46.2 Å². The Balaban J connectivity index is 4.49. The molecule has 0 heterocycles. The zero-order valence-corrected chi connectivity index (χ0v) is 8.89. The Morgan fingerprint density at radius 3 is 2.18 bits per heavy atom. The second-order valence-electron chi connectivity index (χ2n) is 3.42. The first-order chi connectivity index (χ1) is 4.89. The van der Waals surface area contributed by atoms with E-state index in [1.165, 1.54) is 0 Å². The molecule has 0 aliphatic rings. The van der Waals surface area contributed by atoms with Crippen LogP contribution in [-0.4, -0.2) is 24.3 Å². The Morgan fingerprint density at radius 2 is 2.09 bits per heavy atom. The molecule has 3 heteroatoms. The van der Waals surface area contributed by atoms with Crippen LogP contribution in [0.15, 0.2) is 11.4 Å². The molecule has 1 unspecified atom stereocenters. The Hall–Kier alpha value is 0.0900. The van der Waals surface area contributed by atoms with Crippen molar-refractivity contribution in [3.63, 3.8) is 0 Å². The fraction of sp³-hybridized carbons (Fsp3) is 0.750. The Bertz CT molecular complexity index is 147. The van der Waals surface area contributed by atoms with Crippen molar-refractivity contribution >= 4 is 7.49 Å². The van der Waals surface area contributed by atoms with Crippen LogP contribution in [-0.2, 0) is 0 Å². The summed E-state index contributed by atoms with van der Waals surface area (Å²) in [5, 5.41) is 1.06. The summed E-state index contributed by atoms with van der Waals surface area (Å²) in [6, 6.07) is 0.00150. The van der Waals surface area contributed by atoms with E-state index in [1.54, 1.807) is 0 Å². The summed E-state index contributed by atoms with van der Waals surface area (Å²) in [5.74, 6) is 0. The molecule has 0 amide bonds. The first-order valence-corrected chi connectivity index (χ1v) is 7.02. The summed E-state index contributed by atoms with van der Waals surface area (Å²) in [6.45, 7) is 7.78. The van der Waals surface area contributed by atoms with Crippen LogP contribution in [0, 0.1) is 0 Å². The predicted octanol–water partition coefficient (Wildman–Crippen LogP) is 1.54. The number of nitrogens with two attached hydrogens (primary N) is 1. The average Bonchev–Trinajstić information content (AvgIpc) is 1.79. The molecule has 0 aromatic rings. The van der Waals surface area contributed by atoms with Gasteiger partial charge in [0.15, 0.2) is 0 Å². The Kier molecular flexibility index (Phi) is 4.23. The zero-order chi connectivity index (χ0) is 9.07. The molecule has 11 heavy (non-hydrogen) atoms. The molecule has 0 aromatic heterocycles. The predicted molar refractivity (Wildman–Crippen MR) is 54.4 cm³/mol. The van der Waals surface area contributed by atoms with Crippen molar-refractivity contribution in [2.45, 2.75) is 26.3 Å². The van der Waals surface area contributed by atoms with Gasteiger partial charge in [0, 0.05) is 0 Å². The summed E-state index contributed by atoms with van der Waals surface area (Å²) in [7, 11) is -2.13. The number of hydrogen-bond acceptors (Lipinski definition) is 2. The summed E-state index contributed by atoms with van der Waals surface area (Å²) in [6.07, 6.45) is 3.00. The van der Waals surface area contributed by atoms with Crippen molar-refractivity contribution < 1.29 is 4.89 Å².